The van der Waals surface area contributed by atoms with Crippen LogP contribution in [0.1, 0.15) is 48.9 Å². The Morgan fingerprint density at radius 1 is 1.16 bits per heavy atom. The summed E-state index contributed by atoms with van der Waals surface area (Å²) in [5.74, 6) is -0.235. The molecule has 0 bridgehead atoms. The van der Waals surface area contributed by atoms with E-state index in [1.54, 1.807) is 12.1 Å². The van der Waals surface area contributed by atoms with Crippen LogP contribution in [0.25, 0.3) is 0 Å². The number of benzene rings is 1. The SMILES string of the molecule is Cl.O=C(NCC1CCCN1)c1cccc(S(=O)(=O)NC2CCCC2)c1. The van der Waals surface area contributed by atoms with Gasteiger partial charge in [0.05, 0.1) is 4.90 Å². The lowest BCUT2D eigenvalue weighted by atomic mass is 10.2. The molecule has 1 atom stereocenters. The number of sulfonamides is 1. The average molecular weight is 388 g/mol. The van der Waals surface area contributed by atoms with Crippen LogP contribution in [0, 0.1) is 0 Å². The number of carbonyl (C=O) groups excluding carboxylic acids is 1. The van der Waals surface area contributed by atoms with Crippen LogP contribution in [0.2, 0.25) is 0 Å². The van der Waals surface area contributed by atoms with Crippen molar-refractivity contribution in [2.45, 2.75) is 55.5 Å². The molecule has 6 nitrogen and oxygen atoms in total. The largest absolute Gasteiger partial charge is 0.350 e. The molecule has 1 aromatic rings. The van der Waals surface area contributed by atoms with Gasteiger partial charge in [0.2, 0.25) is 10.0 Å². The van der Waals surface area contributed by atoms with Gasteiger partial charge in [-0.25, -0.2) is 13.1 Å². The van der Waals surface area contributed by atoms with E-state index in [0.29, 0.717) is 18.2 Å². The van der Waals surface area contributed by atoms with Crippen LogP contribution in [-0.4, -0.2) is 39.5 Å². The zero-order valence-corrected chi connectivity index (χ0v) is 15.8. The Kier molecular flexibility index (Phi) is 7.25. The maximum Gasteiger partial charge on any atom is 0.251 e. The highest BCUT2D eigenvalue weighted by Gasteiger charge is 2.23. The molecule has 1 amide bonds. The second-order valence-electron chi connectivity index (χ2n) is 6.63. The lowest BCUT2D eigenvalue weighted by Gasteiger charge is -2.14. The molecule has 3 rings (SSSR count). The summed E-state index contributed by atoms with van der Waals surface area (Å²) in [5, 5.41) is 6.19. The van der Waals surface area contributed by atoms with Crippen molar-refractivity contribution >= 4 is 28.3 Å². The zero-order valence-electron chi connectivity index (χ0n) is 14.2. The van der Waals surface area contributed by atoms with Gasteiger partial charge in [0.15, 0.2) is 0 Å². The minimum absolute atomic E-state index is 0. The Morgan fingerprint density at radius 2 is 1.92 bits per heavy atom. The molecular weight excluding hydrogens is 362 g/mol. The third kappa shape index (κ3) is 5.41. The molecule has 2 aliphatic rings. The van der Waals surface area contributed by atoms with Gasteiger partial charge in [0.1, 0.15) is 0 Å². The van der Waals surface area contributed by atoms with Crippen molar-refractivity contribution in [3.63, 3.8) is 0 Å². The molecule has 1 aliphatic carbocycles. The molecule has 1 aliphatic heterocycles. The fraction of sp³-hybridized carbons (Fsp3) is 0.588. The van der Waals surface area contributed by atoms with Gasteiger partial charge in [-0.15, -0.1) is 12.4 Å². The molecule has 1 saturated carbocycles. The topological polar surface area (TPSA) is 87.3 Å². The highest BCUT2D eigenvalue weighted by Crippen LogP contribution is 2.20. The van der Waals surface area contributed by atoms with Crippen LogP contribution < -0.4 is 15.4 Å². The fourth-order valence-electron chi connectivity index (χ4n) is 3.38. The highest BCUT2D eigenvalue weighted by molar-refractivity contribution is 7.89. The second-order valence-corrected chi connectivity index (χ2v) is 8.35. The van der Waals surface area contributed by atoms with Gasteiger partial charge in [-0.05, 0) is 50.4 Å². The smallest absolute Gasteiger partial charge is 0.251 e. The van der Waals surface area contributed by atoms with E-state index in [1.165, 1.54) is 12.1 Å². The Labute approximate surface area is 155 Å². The van der Waals surface area contributed by atoms with E-state index >= 15 is 0 Å². The third-order valence-electron chi connectivity index (χ3n) is 4.75. The molecule has 8 heteroatoms. The second kappa shape index (κ2) is 8.98. The number of rotatable bonds is 6. The summed E-state index contributed by atoms with van der Waals surface area (Å²) in [6, 6.07) is 6.57. The van der Waals surface area contributed by atoms with E-state index in [-0.39, 0.29) is 29.3 Å². The first-order valence-electron chi connectivity index (χ1n) is 8.68. The molecule has 0 aromatic heterocycles. The van der Waals surface area contributed by atoms with E-state index in [0.717, 1.165) is 45.1 Å². The fourth-order valence-corrected chi connectivity index (χ4v) is 4.73. The molecule has 25 heavy (non-hydrogen) atoms. The number of hydrogen-bond acceptors (Lipinski definition) is 4. The molecule has 0 radical (unpaired) electrons. The summed E-state index contributed by atoms with van der Waals surface area (Å²) in [6.45, 7) is 1.55. The van der Waals surface area contributed by atoms with Gasteiger partial charge < -0.3 is 10.6 Å². The number of carbonyl (C=O) groups is 1. The molecule has 1 unspecified atom stereocenters. The summed E-state index contributed by atoms with van der Waals surface area (Å²) in [7, 11) is -3.57. The lowest BCUT2D eigenvalue weighted by Crippen LogP contribution is -2.37. The summed E-state index contributed by atoms with van der Waals surface area (Å²) in [5.41, 5.74) is 0.377. The maximum absolute atomic E-state index is 12.5. The van der Waals surface area contributed by atoms with Crippen LogP contribution in [0.15, 0.2) is 29.2 Å². The van der Waals surface area contributed by atoms with E-state index in [9.17, 15) is 13.2 Å². The summed E-state index contributed by atoms with van der Waals surface area (Å²) < 4.78 is 27.7. The number of halogens is 1. The van der Waals surface area contributed by atoms with Gasteiger partial charge in [-0.2, -0.15) is 0 Å². The molecule has 0 spiro atoms. The Balaban J connectivity index is 0.00000225. The van der Waals surface area contributed by atoms with E-state index in [1.807, 2.05) is 0 Å². The lowest BCUT2D eigenvalue weighted by molar-refractivity contribution is 0.0950. The monoisotopic (exact) mass is 387 g/mol. The van der Waals surface area contributed by atoms with Gasteiger partial charge in [0, 0.05) is 24.2 Å². The Bertz CT molecular complexity index is 684. The number of hydrogen-bond donors (Lipinski definition) is 3. The first-order chi connectivity index (χ1) is 11.5. The Morgan fingerprint density at radius 3 is 2.60 bits per heavy atom. The molecule has 1 aromatic carbocycles. The summed E-state index contributed by atoms with van der Waals surface area (Å²) in [6.07, 6.45) is 6.07. The molecule has 2 fully saturated rings. The highest BCUT2D eigenvalue weighted by atomic mass is 35.5. The minimum atomic E-state index is -3.57. The third-order valence-corrected chi connectivity index (χ3v) is 6.27. The van der Waals surface area contributed by atoms with Crippen molar-refractivity contribution in [2.24, 2.45) is 0 Å². The zero-order chi connectivity index (χ0) is 17.0. The first-order valence-corrected chi connectivity index (χ1v) is 10.2. The van der Waals surface area contributed by atoms with Gasteiger partial charge in [-0.1, -0.05) is 18.9 Å². The van der Waals surface area contributed by atoms with Crippen LogP contribution >= 0.6 is 12.4 Å². The minimum Gasteiger partial charge on any atom is -0.350 e. The molecule has 140 valence electrons. The number of nitrogens with one attached hydrogen (secondary N) is 3. The average Bonchev–Trinajstić information content (AvgIpc) is 3.26. The van der Waals surface area contributed by atoms with Crippen LogP contribution in [0.5, 0.6) is 0 Å². The van der Waals surface area contributed by atoms with Crippen molar-refractivity contribution in [1.82, 2.24) is 15.4 Å². The molecule has 3 N–H and O–H groups in total. The van der Waals surface area contributed by atoms with Crippen LogP contribution in [0.4, 0.5) is 0 Å². The van der Waals surface area contributed by atoms with Crippen molar-refractivity contribution in [3.8, 4) is 0 Å². The van der Waals surface area contributed by atoms with Crippen molar-refractivity contribution in [2.75, 3.05) is 13.1 Å². The van der Waals surface area contributed by atoms with Crippen LogP contribution in [0.3, 0.4) is 0 Å². The summed E-state index contributed by atoms with van der Waals surface area (Å²) in [4.78, 5) is 12.4. The van der Waals surface area contributed by atoms with Gasteiger partial charge >= 0.3 is 0 Å². The standard InChI is InChI=1S/C17H25N3O3S.ClH/c21-17(19-12-15-8-4-10-18-15)13-5-3-9-16(11-13)24(22,23)20-14-6-1-2-7-14;/h3,5,9,11,14-15,18,20H,1-2,4,6-8,10,12H2,(H,19,21);1H. The predicted octanol–water partition coefficient (Wildman–Crippen LogP) is 1.81. The molecular formula is C17H26ClN3O3S. The van der Waals surface area contributed by atoms with Crippen LogP contribution in [-0.2, 0) is 10.0 Å². The number of amides is 1. The van der Waals surface area contributed by atoms with Gasteiger partial charge in [0.25, 0.3) is 5.91 Å². The quantitative estimate of drug-likeness (QED) is 0.694. The summed E-state index contributed by atoms with van der Waals surface area (Å²) >= 11 is 0. The van der Waals surface area contributed by atoms with E-state index in [2.05, 4.69) is 15.4 Å². The normalized spacial score (nSPS) is 21.0. The van der Waals surface area contributed by atoms with E-state index in [4.69, 9.17) is 0 Å². The Hall–Kier alpha value is -1.15. The van der Waals surface area contributed by atoms with E-state index < -0.39 is 10.0 Å². The predicted molar refractivity (Wildman–Crippen MR) is 99.6 cm³/mol. The van der Waals surface area contributed by atoms with Gasteiger partial charge in [-0.3, -0.25) is 4.79 Å². The van der Waals surface area contributed by atoms with Crippen molar-refractivity contribution < 1.29 is 13.2 Å². The van der Waals surface area contributed by atoms with Crippen molar-refractivity contribution in [1.29, 1.82) is 0 Å². The molecule has 1 heterocycles. The molecule has 1 saturated heterocycles. The maximum atomic E-state index is 12.5. The van der Waals surface area contributed by atoms with Crippen molar-refractivity contribution in [3.05, 3.63) is 29.8 Å². The first kappa shape index (κ1) is 20.2.